The SMILES string of the molecule is CCCC(NC(=O)Cn1ccc2cc(OC)ccc21)C(=O)N1CCc2sccc2C1. The summed E-state index contributed by atoms with van der Waals surface area (Å²) in [5.41, 5.74) is 2.20. The van der Waals surface area contributed by atoms with E-state index in [4.69, 9.17) is 4.74 Å². The largest absolute Gasteiger partial charge is 0.497 e. The minimum absolute atomic E-state index is 0.0177. The molecular weight excluding hydrogens is 398 g/mol. The lowest BCUT2D eigenvalue weighted by atomic mass is 10.1. The Morgan fingerprint density at radius 1 is 1.27 bits per heavy atom. The van der Waals surface area contributed by atoms with E-state index in [1.807, 2.05) is 46.9 Å². The number of ether oxygens (including phenoxy) is 1. The standard InChI is InChI=1S/C23H27N3O3S/c1-3-4-19(23(28)26-11-8-21-17(14-26)9-12-30-21)24-22(27)15-25-10-7-16-13-18(29-2)5-6-20(16)25/h5-7,9-10,12-13,19H,3-4,8,11,14-15H2,1-2H3,(H,24,27). The van der Waals surface area contributed by atoms with E-state index in [0.717, 1.165) is 29.5 Å². The van der Waals surface area contributed by atoms with Crippen LogP contribution in [0.25, 0.3) is 10.9 Å². The van der Waals surface area contributed by atoms with E-state index in [1.54, 1.807) is 18.4 Å². The van der Waals surface area contributed by atoms with Gasteiger partial charge in [-0.15, -0.1) is 11.3 Å². The highest BCUT2D eigenvalue weighted by Crippen LogP contribution is 2.25. The topological polar surface area (TPSA) is 63.6 Å². The first-order chi connectivity index (χ1) is 14.6. The summed E-state index contributed by atoms with van der Waals surface area (Å²) >= 11 is 1.76. The number of thiophene rings is 1. The highest BCUT2D eigenvalue weighted by Gasteiger charge is 2.28. The van der Waals surface area contributed by atoms with Gasteiger partial charge in [0.1, 0.15) is 18.3 Å². The summed E-state index contributed by atoms with van der Waals surface area (Å²) in [5, 5.41) is 6.09. The van der Waals surface area contributed by atoms with Crippen molar-refractivity contribution in [3.05, 3.63) is 52.3 Å². The lowest BCUT2D eigenvalue weighted by Crippen LogP contribution is -2.50. The van der Waals surface area contributed by atoms with Crippen molar-refractivity contribution in [2.45, 2.75) is 45.3 Å². The van der Waals surface area contributed by atoms with Gasteiger partial charge in [-0.25, -0.2) is 0 Å². The summed E-state index contributed by atoms with van der Waals surface area (Å²) in [7, 11) is 1.64. The molecule has 1 N–H and O–H groups in total. The van der Waals surface area contributed by atoms with Crippen LogP contribution in [0, 0.1) is 0 Å². The van der Waals surface area contributed by atoms with Crippen LogP contribution in [-0.4, -0.2) is 41.0 Å². The molecule has 3 aromatic rings. The first-order valence-electron chi connectivity index (χ1n) is 10.3. The number of carbonyl (C=O) groups is 2. The van der Waals surface area contributed by atoms with Gasteiger partial charge in [0.25, 0.3) is 0 Å². The number of benzene rings is 1. The first kappa shape index (κ1) is 20.5. The molecule has 0 saturated heterocycles. The molecule has 2 aromatic heterocycles. The maximum Gasteiger partial charge on any atom is 0.245 e. The molecule has 0 saturated carbocycles. The van der Waals surface area contributed by atoms with Gasteiger partial charge in [0.2, 0.25) is 11.8 Å². The van der Waals surface area contributed by atoms with Gasteiger partial charge in [-0.2, -0.15) is 0 Å². The average Bonchev–Trinajstić information content (AvgIpc) is 3.38. The van der Waals surface area contributed by atoms with Gasteiger partial charge in [0.05, 0.1) is 7.11 Å². The lowest BCUT2D eigenvalue weighted by molar-refractivity contribution is -0.137. The smallest absolute Gasteiger partial charge is 0.245 e. The number of amides is 2. The summed E-state index contributed by atoms with van der Waals surface area (Å²) in [6.07, 6.45) is 4.26. The van der Waals surface area contributed by atoms with Crippen LogP contribution in [0.5, 0.6) is 5.75 Å². The fraction of sp³-hybridized carbons (Fsp3) is 0.391. The van der Waals surface area contributed by atoms with Gasteiger partial charge in [0.15, 0.2) is 0 Å². The van der Waals surface area contributed by atoms with Gasteiger partial charge < -0.3 is 19.5 Å². The van der Waals surface area contributed by atoms with E-state index in [2.05, 4.69) is 16.8 Å². The highest BCUT2D eigenvalue weighted by molar-refractivity contribution is 7.10. The quantitative estimate of drug-likeness (QED) is 0.629. The molecule has 6 nitrogen and oxygen atoms in total. The Bertz CT molecular complexity index is 1060. The van der Waals surface area contributed by atoms with Gasteiger partial charge in [0, 0.05) is 35.1 Å². The summed E-state index contributed by atoms with van der Waals surface area (Å²) in [4.78, 5) is 29.2. The molecule has 30 heavy (non-hydrogen) atoms. The van der Waals surface area contributed by atoms with Crippen LogP contribution in [0.4, 0.5) is 0 Å². The Morgan fingerprint density at radius 2 is 2.13 bits per heavy atom. The van der Waals surface area contributed by atoms with Crippen LogP contribution in [0.2, 0.25) is 0 Å². The van der Waals surface area contributed by atoms with Crippen LogP contribution < -0.4 is 10.1 Å². The predicted octanol–water partition coefficient (Wildman–Crippen LogP) is 3.58. The molecule has 4 rings (SSSR count). The van der Waals surface area contributed by atoms with Crippen molar-refractivity contribution in [1.29, 1.82) is 0 Å². The molecule has 0 fully saturated rings. The molecule has 3 heterocycles. The van der Waals surface area contributed by atoms with Crippen molar-refractivity contribution in [3.63, 3.8) is 0 Å². The Morgan fingerprint density at radius 3 is 2.93 bits per heavy atom. The number of hydrogen-bond acceptors (Lipinski definition) is 4. The molecular formula is C23H27N3O3S. The highest BCUT2D eigenvalue weighted by atomic mass is 32.1. The summed E-state index contributed by atoms with van der Waals surface area (Å²) < 4.78 is 7.16. The Labute approximate surface area is 180 Å². The second kappa shape index (κ2) is 8.92. The minimum Gasteiger partial charge on any atom is -0.497 e. The van der Waals surface area contributed by atoms with E-state index in [0.29, 0.717) is 19.5 Å². The molecule has 158 valence electrons. The molecule has 1 aliphatic heterocycles. The molecule has 0 radical (unpaired) electrons. The lowest BCUT2D eigenvalue weighted by Gasteiger charge is -2.31. The fourth-order valence-electron chi connectivity index (χ4n) is 4.04. The van der Waals surface area contributed by atoms with E-state index in [1.165, 1.54) is 10.4 Å². The second-order valence-electron chi connectivity index (χ2n) is 7.66. The minimum atomic E-state index is -0.482. The van der Waals surface area contributed by atoms with Crippen molar-refractivity contribution in [1.82, 2.24) is 14.8 Å². The van der Waals surface area contributed by atoms with Crippen LogP contribution in [-0.2, 0) is 29.1 Å². The number of methoxy groups -OCH3 is 1. The average molecular weight is 426 g/mol. The molecule has 0 aliphatic carbocycles. The first-order valence-corrected chi connectivity index (χ1v) is 11.2. The fourth-order valence-corrected chi connectivity index (χ4v) is 4.93. The van der Waals surface area contributed by atoms with Crippen LogP contribution in [0.15, 0.2) is 41.9 Å². The Hall–Kier alpha value is -2.80. The molecule has 7 heteroatoms. The zero-order valence-electron chi connectivity index (χ0n) is 17.4. The number of aromatic nitrogens is 1. The zero-order valence-corrected chi connectivity index (χ0v) is 18.2. The van der Waals surface area contributed by atoms with Crippen LogP contribution >= 0.6 is 11.3 Å². The zero-order chi connectivity index (χ0) is 21.1. The van der Waals surface area contributed by atoms with Crippen molar-refractivity contribution < 1.29 is 14.3 Å². The number of fused-ring (bicyclic) bond motifs is 2. The molecule has 1 unspecified atom stereocenters. The van der Waals surface area contributed by atoms with E-state index in [-0.39, 0.29) is 18.4 Å². The van der Waals surface area contributed by atoms with E-state index >= 15 is 0 Å². The molecule has 1 aliphatic rings. The number of nitrogens with zero attached hydrogens (tertiary/aromatic N) is 2. The normalized spacial score (nSPS) is 14.4. The third kappa shape index (κ3) is 4.21. The maximum absolute atomic E-state index is 13.1. The van der Waals surface area contributed by atoms with Gasteiger partial charge in [-0.3, -0.25) is 9.59 Å². The van der Waals surface area contributed by atoms with Crippen LogP contribution in [0.3, 0.4) is 0 Å². The monoisotopic (exact) mass is 425 g/mol. The van der Waals surface area contributed by atoms with Crippen LogP contribution in [0.1, 0.15) is 30.2 Å². The third-order valence-corrected chi connectivity index (χ3v) is 6.65. The number of rotatable bonds is 7. The molecule has 0 bridgehead atoms. The van der Waals surface area contributed by atoms with Gasteiger partial charge >= 0.3 is 0 Å². The van der Waals surface area contributed by atoms with E-state index in [9.17, 15) is 9.59 Å². The summed E-state index contributed by atoms with van der Waals surface area (Å²) in [6.45, 7) is 3.56. The van der Waals surface area contributed by atoms with Crippen molar-refractivity contribution in [3.8, 4) is 5.75 Å². The third-order valence-electron chi connectivity index (χ3n) is 5.62. The summed E-state index contributed by atoms with van der Waals surface area (Å²) in [5.74, 6) is 0.654. The van der Waals surface area contributed by atoms with Crippen molar-refractivity contribution in [2.24, 2.45) is 0 Å². The predicted molar refractivity (Wildman–Crippen MR) is 119 cm³/mol. The molecule has 2 amide bonds. The second-order valence-corrected chi connectivity index (χ2v) is 8.66. The number of hydrogen-bond donors (Lipinski definition) is 1. The van der Waals surface area contributed by atoms with Gasteiger partial charge in [-0.1, -0.05) is 13.3 Å². The number of carbonyl (C=O) groups excluding carboxylic acids is 2. The Kier molecular flexibility index (Phi) is 6.08. The maximum atomic E-state index is 13.1. The molecule has 1 aromatic carbocycles. The summed E-state index contributed by atoms with van der Waals surface area (Å²) in [6, 6.07) is 9.36. The number of nitrogens with one attached hydrogen (secondary N) is 1. The van der Waals surface area contributed by atoms with Crippen molar-refractivity contribution >= 4 is 34.1 Å². The molecule has 1 atom stereocenters. The Balaban J connectivity index is 1.43. The van der Waals surface area contributed by atoms with Gasteiger partial charge in [-0.05, 0) is 54.1 Å². The van der Waals surface area contributed by atoms with Crippen molar-refractivity contribution in [2.75, 3.05) is 13.7 Å². The van der Waals surface area contributed by atoms with E-state index < -0.39 is 6.04 Å². The molecule has 0 spiro atoms.